The lowest BCUT2D eigenvalue weighted by molar-refractivity contribution is -0.137. The molecule has 0 radical (unpaired) electrons. The van der Waals surface area contributed by atoms with E-state index in [2.05, 4.69) is 10.4 Å². The van der Waals surface area contributed by atoms with Crippen molar-refractivity contribution < 1.29 is 29.3 Å². The van der Waals surface area contributed by atoms with Gasteiger partial charge in [-0.25, -0.2) is 4.68 Å². The molecule has 9 nitrogen and oxygen atoms in total. The van der Waals surface area contributed by atoms with Crippen LogP contribution < -0.4 is 14.8 Å². The zero-order valence-corrected chi connectivity index (χ0v) is 17.5. The van der Waals surface area contributed by atoms with Crippen LogP contribution in [0.4, 0.5) is 0 Å². The number of para-hydroxylation sites is 1. The largest absolute Gasteiger partial charge is 0.493 e. The molecular formula is C21H20ClN3O6. The van der Waals surface area contributed by atoms with Crippen LogP contribution in [-0.2, 0) is 4.79 Å². The van der Waals surface area contributed by atoms with Crippen molar-refractivity contribution in [2.75, 3.05) is 14.2 Å². The Labute approximate surface area is 182 Å². The van der Waals surface area contributed by atoms with Crippen molar-refractivity contribution in [3.8, 4) is 23.1 Å². The monoisotopic (exact) mass is 445 g/mol. The number of hydrogen-bond donors (Lipinski definition) is 3. The van der Waals surface area contributed by atoms with E-state index in [9.17, 15) is 19.8 Å². The first-order valence-electron chi connectivity index (χ1n) is 9.12. The maximum atomic E-state index is 12.8. The average Bonchev–Trinajstić information content (AvgIpc) is 3.14. The van der Waals surface area contributed by atoms with Gasteiger partial charge >= 0.3 is 5.97 Å². The molecule has 1 atom stereocenters. The maximum absolute atomic E-state index is 12.8. The van der Waals surface area contributed by atoms with Crippen LogP contribution in [0.5, 0.6) is 17.4 Å². The molecule has 1 heterocycles. The highest BCUT2D eigenvalue weighted by atomic mass is 35.5. The van der Waals surface area contributed by atoms with Crippen LogP contribution in [0.1, 0.15) is 28.5 Å². The molecule has 3 rings (SSSR count). The molecule has 0 unspecified atom stereocenters. The van der Waals surface area contributed by atoms with Gasteiger partial charge < -0.3 is 25.0 Å². The number of nitrogens with zero attached hydrogens (tertiary/aromatic N) is 2. The first kappa shape index (κ1) is 22.0. The number of ether oxygens (including phenoxy) is 2. The fraction of sp³-hybridized carbons (Fsp3) is 0.190. The van der Waals surface area contributed by atoms with Gasteiger partial charge in [-0.15, -0.1) is 0 Å². The fourth-order valence-electron chi connectivity index (χ4n) is 3.09. The number of carbonyl (C=O) groups excluding carboxylic acids is 1. The van der Waals surface area contributed by atoms with Gasteiger partial charge in [-0.3, -0.25) is 9.59 Å². The Hall–Kier alpha value is -3.72. The number of rotatable bonds is 8. The van der Waals surface area contributed by atoms with Crippen molar-refractivity contribution in [3.05, 3.63) is 64.8 Å². The van der Waals surface area contributed by atoms with Gasteiger partial charge in [0.2, 0.25) is 5.88 Å². The number of benzene rings is 2. The lowest BCUT2D eigenvalue weighted by Crippen LogP contribution is -2.31. The average molecular weight is 446 g/mol. The van der Waals surface area contributed by atoms with Crippen molar-refractivity contribution in [2.24, 2.45) is 0 Å². The summed E-state index contributed by atoms with van der Waals surface area (Å²) in [6.45, 7) is 0. The molecule has 3 aromatic rings. The molecule has 31 heavy (non-hydrogen) atoms. The minimum atomic E-state index is -1.12. The number of methoxy groups -OCH3 is 2. The Balaban J connectivity index is 1.91. The molecule has 0 fully saturated rings. The second-order valence-corrected chi connectivity index (χ2v) is 6.92. The lowest BCUT2D eigenvalue weighted by atomic mass is 10.0. The van der Waals surface area contributed by atoms with Crippen LogP contribution in [0.2, 0.25) is 5.02 Å². The van der Waals surface area contributed by atoms with E-state index in [1.54, 1.807) is 42.5 Å². The Morgan fingerprint density at radius 3 is 2.48 bits per heavy atom. The van der Waals surface area contributed by atoms with Crippen LogP contribution in [0.25, 0.3) is 5.69 Å². The Morgan fingerprint density at radius 1 is 1.16 bits per heavy atom. The van der Waals surface area contributed by atoms with Gasteiger partial charge in [0.25, 0.3) is 5.91 Å². The molecule has 0 bridgehead atoms. The van der Waals surface area contributed by atoms with Gasteiger partial charge in [0, 0.05) is 16.7 Å². The van der Waals surface area contributed by atoms with Gasteiger partial charge in [0.1, 0.15) is 0 Å². The molecule has 0 saturated heterocycles. The molecule has 10 heteroatoms. The lowest BCUT2D eigenvalue weighted by Gasteiger charge is -2.20. The van der Waals surface area contributed by atoms with E-state index in [4.69, 9.17) is 21.1 Å². The molecule has 0 aliphatic carbocycles. The van der Waals surface area contributed by atoms with E-state index in [0.717, 1.165) is 0 Å². The molecule has 3 N–H and O–H groups in total. The third-order valence-electron chi connectivity index (χ3n) is 4.49. The molecule has 0 saturated carbocycles. The highest BCUT2D eigenvalue weighted by Gasteiger charge is 2.25. The van der Waals surface area contributed by atoms with Crippen LogP contribution >= 0.6 is 11.6 Å². The summed E-state index contributed by atoms with van der Waals surface area (Å²) in [6, 6.07) is 11.7. The number of carbonyl (C=O) groups is 2. The molecule has 1 aromatic heterocycles. The number of aromatic nitrogens is 2. The SMILES string of the molecule is COc1cccc([C@H](CC(=O)O)NC(=O)c2cc(O)n(-c3ccc(Cl)cc3)n2)c1OC. The quantitative estimate of drug-likeness (QED) is 0.486. The van der Waals surface area contributed by atoms with Crippen LogP contribution in [0, 0.1) is 0 Å². The van der Waals surface area contributed by atoms with Gasteiger partial charge in [-0.1, -0.05) is 23.7 Å². The first-order chi connectivity index (χ1) is 14.8. The van der Waals surface area contributed by atoms with Crippen molar-refractivity contribution in [3.63, 3.8) is 0 Å². The summed E-state index contributed by atoms with van der Waals surface area (Å²) in [5.41, 5.74) is 0.834. The van der Waals surface area contributed by atoms with Crippen molar-refractivity contribution >= 4 is 23.5 Å². The molecule has 162 valence electrons. The highest BCUT2D eigenvalue weighted by Crippen LogP contribution is 2.36. The van der Waals surface area contributed by atoms with Crippen LogP contribution in [-0.4, -0.2) is 46.1 Å². The van der Waals surface area contributed by atoms with E-state index in [1.807, 2.05) is 0 Å². The Bertz CT molecular complexity index is 1100. The van der Waals surface area contributed by atoms with Crippen LogP contribution in [0.3, 0.4) is 0 Å². The second kappa shape index (κ2) is 9.40. The zero-order valence-electron chi connectivity index (χ0n) is 16.7. The standard InChI is InChI=1S/C21H20ClN3O6/c1-30-17-5-3-4-14(20(17)31-2)15(11-19(27)28)23-21(29)16-10-18(26)25(24-16)13-8-6-12(22)7-9-13/h3-10,15,26H,11H2,1-2H3,(H,23,29)(H,27,28)/t15-/m0/s1. The summed E-state index contributed by atoms with van der Waals surface area (Å²) in [6.07, 6.45) is -0.404. The number of carboxylic acid groups (broad SMARTS) is 1. The summed E-state index contributed by atoms with van der Waals surface area (Å²) in [5.74, 6) is -1.34. The van der Waals surface area contributed by atoms with Crippen molar-refractivity contribution in [1.82, 2.24) is 15.1 Å². The summed E-state index contributed by atoms with van der Waals surface area (Å²) in [4.78, 5) is 24.3. The van der Waals surface area contributed by atoms with E-state index >= 15 is 0 Å². The van der Waals surface area contributed by atoms with E-state index < -0.39 is 24.3 Å². The first-order valence-corrected chi connectivity index (χ1v) is 9.50. The summed E-state index contributed by atoms with van der Waals surface area (Å²) in [5, 5.41) is 26.8. The number of hydrogen-bond acceptors (Lipinski definition) is 6. The van der Waals surface area contributed by atoms with Crippen molar-refractivity contribution in [2.45, 2.75) is 12.5 Å². The normalized spacial score (nSPS) is 11.6. The number of halogens is 1. The minimum Gasteiger partial charge on any atom is -0.493 e. The molecule has 0 spiro atoms. The zero-order chi connectivity index (χ0) is 22.5. The molecule has 0 aliphatic rings. The molecular weight excluding hydrogens is 426 g/mol. The van der Waals surface area contributed by atoms with Gasteiger partial charge in [0.05, 0.1) is 32.4 Å². The predicted molar refractivity (Wildman–Crippen MR) is 112 cm³/mol. The molecule has 2 aromatic carbocycles. The topological polar surface area (TPSA) is 123 Å². The number of aromatic hydroxyl groups is 1. The summed E-state index contributed by atoms with van der Waals surface area (Å²) < 4.78 is 11.8. The van der Waals surface area contributed by atoms with Gasteiger partial charge in [-0.05, 0) is 30.3 Å². The smallest absolute Gasteiger partial charge is 0.305 e. The van der Waals surface area contributed by atoms with E-state index in [1.165, 1.54) is 25.0 Å². The molecule has 1 amide bonds. The van der Waals surface area contributed by atoms with E-state index in [0.29, 0.717) is 27.8 Å². The predicted octanol–water partition coefficient (Wildman–Crippen LogP) is 3.19. The third kappa shape index (κ3) is 4.89. The maximum Gasteiger partial charge on any atom is 0.305 e. The summed E-state index contributed by atoms with van der Waals surface area (Å²) in [7, 11) is 2.88. The number of carboxylic acids is 1. The number of nitrogens with one attached hydrogen (secondary N) is 1. The highest BCUT2D eigenvalue weighted by molar-refractivity contribution is 6.30. The minimum absolute atomic E-state index is 0.0929. The third-order valence-corrected chi connectivity index (χ3v) is 4.74. The second-order valence-electron chi connectivity index (χ2n) is 6.48. The van der Waals surface area contributed by atoms with E-state index in [-0.39, 0.29) is 11.6 Å². The van der Waals surface area contributed by atoms with Crippen molar-refractivity contribution in [1.29, 1.82) is 0 Å². The Kier molecular flexibility index (Phi) is 6.66. The van der Waals surface area contributed by atoms with Crippen LogP contribution in [0.15, 0.2) is 48.5 Å². The molecule has 0 aliphatic heterocycles. The Morgan fingerprint density at radius 2 is 1.87 bits per heavy atom. The fourth-order valence-corrected chi connectivity index (χ4v) is 3.21. The number of aliphatic carboxylic acids is 1. The number of amides is 1. The summed E-state index contributed by atoms with van der Waals surface area (Å²) >= 11 is 5.87. The van der Waals surface area contributed by atoms with Gasteiger partial charge in [-0.2, -0.15) is 5.10 Å². The van der Waals surface area contributed by atoms with Gasteiger partial charge in [0.15, 0.2) is 17.2 Å².